The maximum atomic E-state index is 13.4. The van der Waals surface area contributed by atoms with Crippen LogP contribution in [-0.4, -0.2) is 28.9 Å². The average molecular weight is 311 g/mol. The van der Waals surface area contributed by atoms with Crippen LogP contribution in [0.5, 0.6) is 0 Å². The van der Waals surface area contributed by atoms with Crippen molar-refractivity contribution in [2.24, 2.45) is 0 Å². The molecule has 0 radical (unpaired) electrons. The van der Waals surface area contributed by atoms with Crippen LogP contribution in [0, 0.1) is 5.82 Å². The van der Waals surface area contributed by atoms with Gasteiger partial charge in [-0.15, -0.1) is 11.8 Å². The molecule has 5 heteroatoms. The van der Waals surface area contributed by atoms with Gasteiger partial charge < -0.3 is 10.4 Å². The second kappa shape index (κ2) is 7.80. The van der Waals surface area contributed by atoms with Crippen molar-refractivity contribution in [2.45, 2.75) is 49.0 Å². The zero-order valence-electron chi connectivity index (χ0n) is 12.1. The second-order valence-electron chi connectivity index (χ2n) is 5.58. The quantitative estimate of drug-likeness (QED) is 0.794. The van der Waals surface area contributed by atoms with Gasteiger partial charge in [-0.05, 0) is 25.0 Å². The molecule has 0 atom stereocenters. The molecule has 1 aromatic rings. The lowest BCUT2D eigenvalue weighted by Crippen LogP contribution is -2.52. The number of thioether (sulfide) groups is 1. The predicted octanol–water partition coefficient (Wildman–Crippen LogP) is 3.12. The number of rotatable bonds is 6. The summed E-state index contributed by atoms with van der Waals surface area (Å²) in [4.78, 5) is 12.6. The Morgan fingerprint density at radius 2 is 2.00 bits per heavy atom. The van der Waals surface area contributed by atoms with Gasteiger partial charge in [-0.25, -0.2) is 4.39 Å². The number of nitrogens with one attached hydrogen (secondary N) is 1. The zero-order valence-corrected chi connectivity index (χ0v) is 12.9. The molecule has 1 aliphatic carbocycles. The molecule has 1 aromatic carbocycles. The molecule has 0 bridgehead atoms. The summed E-state index contributed by atoms with van der Waals surface area (Å²) >= 11 is 1.35. The molecule has 0 heterocycles. The highest BCUT2D eigenvalue weighted by molar-refractivity contribution is 7.99. The molecule has 1 aliphatic rings. The highest BCUT2D eigenvalue weighted by Gasteiger charge is 2.32. The number of aliphatic hydroxyl groups excluding tert-OH is 1. The summed E-state index contributed by atoms with van der Waals surface area (Å²) < 4.78 is 13.4. The van der Waals surface area contributed by atoms with E-state index in [0.29, 0.717) is 17.1 Å². The molecular formula is C16H22FNO2S. The van der Waals surface area contributed by atoms with E-state index in [9.17, 15) is 14.3 Å². The minimum Gasteiger partial charge on any atom is -0.394 e. The maximum Gasteiger partial charge on any atom is 0.221 e. The topological polar surface area (TPSA) is 49.3 Å². The first-order chi connectivity index (χ1) is 10.2. The summed E-state index contributed by atoms with van der Waals surface area (Å²) in [5.41, 5.74) is -0.433. The molecule has 0 aromatic heterocycles. The predicted molar refractivity (Wildman–Crippen MR) is 82.8 cm³/mol. The smallest absolute Gasteiger partial charge is 0.221 e. The molecule has 1 amide bonds. The van der Waals surface area contributed by atoms with E-state index in [4.69, 9.17) is 0 Å². The Labute approximate surface area is 129 Å². The number of carbonyl (C=O) groups is 1. The Kier molecular flexibility index (Phi) is 6.06. The van der Waals surface area contributed by atoms with E-state index in [2.05, 4.69) is 5.32 Å². The van der Waals surface area contributed by atoms with Crippen LogP contribution in [-0.2, 0) is 4.79 Å². The molecule has 0 saturated heterocycles. The normalized spacial score (nSPS) is 17.4. The summed E-state index contributed by atoms with van der Waals surface area (Å²) in [6, 6.07) is 6.58. The van der Waals surface area contributed by atoms with Crippen molar-refractivity contribution in [3.8, 4) is 0 Å². The summed E-state index contributed by atoms with van der Waals surface area (Å²) in [6.45, 7) is -0.000797. The standard InChI is InChI=1S/C16H22FNO2S/c17-13-6-2-3-7-14(13)21-11-8-15(20)18-16(12-19)9-4-1-5-10-16/h2-3,6-7,19H,1,4-5,8-12H2,(H,18,20). The SMILES string of the molecule is O=C(CCSc1ccccc1F)NC1(CO)CCCCC1. The Balaban J connectivity index is 1.78. The Morgan fingerprint density at radius 1 is 1.29 bits per heavy atom. The fourth-order valence-corrected chi connectivity index (χ4v) is 3.61. The van der Waals surface area contributed by atoms with Gasteiger partial charge >= 0.3 is 0 Å². The maximum absolute atomic E-state index is 13.4. The molecule has 1 fully saturated rings. The van der Waals surface area contributed by atoms with Crippen LogP contribution in [0.15, 0.2) is 29.2 Å². The number of aliphatic hydroxyl groups is 1. The van der Waals surface area contributed by atoms with E-state index >= 15 is 0 Å². The zero-order chi connectivity index (χ0) is 15.1. The van der Waals surface area contributed by atoms with Crippen molar-refractivity contribution in [1.29, 1.82) is 0 Å². The van der Waals surface area contributed by atoms with E-state index in [1.54, 1.807) is 18.2 Å². The number of carbonyl (C=O) groups excluding carboxylic acids is 1. The number of benzene rings is 1. The van der Waals surface area contributed by atoms with E-state index in [0.717, 1.165) is 25.7 Å². The molecule has 0 spiro atoms. The highest BCUT2D eigenvalue weighted by atomic mass is 32.2. The molecule has 2 rings (SSSR count). The molecule has 0 unspecified atom stereocenters. The third-order valence-electron chi connectivity index (χ3n) is 3.94. The lowest BCUT2D eigenvalue weighted by atomic mass is 9.82. The third kappa shape index (κ3) is 4.71. The van der Waals surface area contributed by atoms with Crippen molar-refractivity contribution in [2.75, 3.05) is 12.4 Å². The van der Waals surface area contributed by atoms with Crippen LogP contribution in [0.4, 0.5) is 4.39 Å². The first-order valence-corrected chi connectivity index (χ1v) is 8.43. The summed E-state index contributed by atoms with van der Waals surface area (Å²) in [5, 5.41) is 12.5. The molecule has 1 saturated carbocycles. The van der Waals surface area contributed by atoms with Crippen LogP contribution >= 0.6 is 11.8 Å². The Bertz CT molecular complexity index is 475. The van der Waals surface area contributed by atoms with Gasteiger partial charge in [0.15, 0.2) is 0 Å². The summed E-state index contributed by atoms with van der Waals surface area (Å²) in [7, 11) is 0. The van der Waals surface area contributed by atoms with Gasteiger partial charge in [0.1, 0.15) is 5.82 Å². The van der Waals surface area contributed by atoms with Gasteiger partial charge in [0, 0.05) is 17.1 Å². The first kappa shape index (κ1) is 16.3. The fraction of sp³-hybridized carbons (Fsp3) is 0.562. The monoisotopic (exact) mass is 311 g/mol. The van der Waals surface area contributed by atoms with Gasteiger partial charge in [0.25, 0.3) is 0 Å². The second-order valence-corrected chi connectivity index (χ2v) is 6.71. The summed E-state index contributed by atoms with van der Waals surface area (Å²) in [6.07, 6.45) is 5.28. The van der Waals surface area contributed by atoms with E-state index in [-0.39, 0.29) is 18.3 Å². The van der Waals surface area contributed by atoms with Crippen LogP contribution in [0.3, 0.4) is 0 Å². The van der Waals surface area contributed by atoms with Crippen molar-refractivity contribution in [1.82, 2.24) is 5.32 Å². The van der Waals surface area contributed by atoms with Gasteiger partial charge in [-0.1, -0.05) is 31.4 Å². The molecule has 0 aliphatic heterocycles. The van der Waals surface area contributed by atoms with E-state index in [1.165, 1.54) is 24.2 Å². The van der Waals surface area contributed by atoms with E-state index in [1.807, 2.05) is 0 Å². The number of hydrogen-bond donors (Lipinski definition) is 2. The summed E-state index contributed by atoms with van der Waals surface area (Å²) in [5.74, 6) is 0.227. The van der Waals surface area contributed by atoms with Gasteiger partial charge in [-0.2, -0.15) is 0 Å². The molecule has 116 valence electrons. The van der Waals surface area contributed by atoms with Crippen molar-refractivity contribution in [3.05, 3.63) is 30.1 Å². The van der Waals surface area contributed by atoms with Crippen molar-refractivity contribution >= 4 is 17.7 Å². The van der Waals surface area contributed by atoms with Crippen LogP contribution in [0.25, 0.3) is 0 Å². The van der Waals surface area contributed by atoms with Crippen LogP contribution in [0.2, 0.25) is 0 Å². The fourth-order valence-electron chi connectivity index (χ4n) is 2.72. The lowest BCUT2D eigenvalue weighted by Gasteiger charge is -2.36. The van der Waals surface area contributed by atoms with Crippen LogP contribution < -0.4 is 5.32 Å². The van der Waals surface area contributed by atoms with E-state index < -0.39 is 5.54 Å². The molecule has 3 nitrogen and oxygen atoms in total. The number of amides is 1. The highest BCUT2D eigenvalue weighted by Crippen LogP contribution is 2.28. The van der Waals surface area contributed by atoms with Gasteiger partial charge in [0.2, 0.25) is 5.91 Å². The van der Waals surface area contributed by atoms with Crippen molar-refractivity contribution < 1.29 is 14.3 Å². The Morgan fingerprint density at radius 3 is 2.67 bits per heavy atom. The first-order valence-electron chi connectivity index (χ1n) is 7.44. The van der Waals surface area contributed by atoms with Crippen LogP contribution in [0.1, 0.15) is 38.5 Å². The minimum absolute atomic E-state index is 0.000797. The van der Waals surface area contributed by atoms with Gasteiger partial charge in [-0.3, -0.25) is 4.79 Å². The molecule has 21 heavy (non-hydrogen) atoms. The number of halogens is 1. The lowest BCUT2D eigenvalue weighted by molar-refractivity contribution is -0.123. The third-order valence-corrected chi connectivity index (χ3v) is 4.99. The average Bonchev–Trinajstić information content (AvgIpc) is 2.50. The van der Waals surface area contributed by atoms with Gasteiger partial charge in [0.05, 0.1) is 12.1 Å². The Hall–Kier alpha value is -1.07. The number of hydrogen-bond acceptors (Lipinski definition) is 3. The molecule has 2 N–H and O–H groups in total. The molecular weight excluding hydrogens is 289 g/mol. The van der Waals surface area contributed by atoms with Crippen molar-refractivity contribution in [3.63, 3.8) is 0 Å². The minimum atomic E-state index is -0.433. The largest absolute Gasteiger partial charge is 0.394 e.